The minimum atomic E-state index is -0.148. The fourth-order valence-corrected chi connectivity index (χ4v) is 3.09. The van der Waals surface area contributed by atoms with Crippen molar-refractivity contribution >= 4 is 5.91 Å². The first kappa shape index (κ1) is 16.6. The molecule has 4 nitrogen and oxygen atoms in total. The molecule has 0 spiro atoms. The molecule has 0 unspecified atom stereocenters. The molecule has 4 rings (SSSR count). The van der Waals surface area contributed by atoms with Crippen molar-refractivity contribution in [2.75, 3.05) is 6.54 Å². The van der Waals surface area contributed by atoms with Gasteiger partial charge in [-0.25, -0.2) is 4.98 Å². The number of hydrogen-bond acceptors (Lipinski definition) is 3. The number of hydrogen-bond donors (Lipinski definition) is 1. The number of rotatable bonds is 6. The first-order valence-electron chi connectivity index (χ1n) is 9.10. The largest absolute Gasteiger partial charge is 0.440 e. The Hall–Kier alpha value is -2.88. The summed E-state index contributed by atoms with van der Waals surface area (Å²) in [6, 6.07) is 18.1. The van der Waals surface area contributed by atoms with Crippen LogP contribution >= 0.6 is 0 Å². The fraction of sp³-hybridized carbons (Fsp3) is 0.273. The molecule has 1 aliphatic carbocycles. The van der Waals surface area contributed by atoms with Crippen molar-refractivity contribution in [1.29, 1.82) is 0 Å². The molecule has 1 N–H and O–H groups in total. The van der Waals surface area contributed by atoms with Crippen LogP contribution < -0.4 is 5.32 Å². The van der Waals surface area contributed by atoms with Crippen LogP contribution in [0.3, 0.4) is 0 Å². The molecule has 1 aliphatic rings. The van der Waals surface area contributed by atoms with Crippen molar-refractivity contribution in [1.82, 2.24) is 10.3 Å². The van der Waals surface area contributed by atoms with Gasteiger partial charge in [0.1, 0.15) is 5.76 Å². The van der Waals surface area contributed by atoms with E-state index < -0.39 is 0 Å². The highest BCUT2D eigenvalue weighted by atomic mass is 16.4. The summed E-state index contributed by atoms with van der Waals surface area (Å²) >= 11 is 0. The van der Waals surface area contributed by atoms with Crippen molar-refractivity contribution in [2.24, 2.45) is 0 Å². The Kier molecular flexibility index (Phi) is 4.57. The van der Waals surface area contributed by atoms with Gasteiger partial charge in [-0.1, -0.05) is 48.0 Å². The zero-order chi connectivity index (χ0) is 17.9. The molecular formula is C22H22N2O2. The van der Waals surface area contributed by atoms with Gasteiger partial charge < -0.3 is 9.73 Å². The van der Waals surface area contributed by atoms with Crippen LogP contribution in [0, 0.1) is 6.92 Å². The monoisotopic (exact) mass is 346 g/mol. The number of benzene rings is 2. The molecule has 26 heavy (non-hydrogen) atoms. The maximum Gasteiger partial charge on any atom is 0.273 e. The summed E-state index contributed by atoms with van der Waals surface area (Å²) in [6.45, 7) is 2.66. The summed E-state index contributed by atoms with van der Waals surface area (Å²) in [5, 5.41) is 2.99. The second-order valence-corrected chi connectivity index (χ2v) is 6.87. The Morgan fingerprint density at radius 2 is 1.96 bits per heavy atom. The molecule has 2 aromatic carbocycles. The average molecular weight is 346 g/mol. The first-order valence-corrected chi connectivity index (χ1v) is 9.10. The van der Waals surface area contributed by atoms with Crippen molar-refractivity contribution in [2.45, 2.75) is 32.1 Å². The van der Waals surface area contributed by atoms with Gasteiger partial charge in [0.15, 0.2) is 5.69 Å². The van der Waals surface area contributed by atoms with Crippen LogP contribution in [0.5, 0.6) is 0 Å². The molecule has 3 aromatic rings. The highest BCUT2D eigenvalue weighted by Crippen LogP contribution is 2.43. The van der Waals surface area contributed by atoms with E-state index in [1.807, 2.05) is 36.4 Å². The topological polar surface area (TPSA) is 55.1 Å². The molecule has 0 aliphatic heterocycles. The lowest BCUT2D eigenvalue weighted by Crippen LogP contribution is -2.26. The van der Waals surface area contributed by atoms with Gasteiger partial charge in [0.2, 0.25) is 5.89 Å². The van der Waals surface area contributed by atoms with Crippen LogP contribution in [0.15, 0.2) is 59.0 Å². The molecule has 0 bridgehead atoms. The highest BCUT2D eigenvalue weighted by Gasteiger charge is 2.34. The lowest BCUT2D eigenvalue weighted by atomic mass is 10.1. The number of carbonyl (C=O) groups excluding carboxylic acids is 1. The van der Waals surface area contributed by atoms with Crippen molar-refractivity contribution in [3.05, 3.63) is 77.2 Å². The van der Waals surface area contributed by atoms with Gasteiger partial charge in [0.05, 0.1) is 0 Å². The molecule has 1 aromatic heterocycles. The van der Waals surface area contributed by atoms with Gasteiger partial charge in [0.25, 0.3) is 5.91 Å². The van der Waals surface area contributed by atoms with E-state index in [1.165, 1.54) is 11.1 Å². The normalized spacial score (nSPS) is 13.6. The Morgan fingerprint density at radius 1 is 1.15 bits per heavy atom. The molecule has 1 fully saturated rings. The Balaban J connectivity index is 1.47. The van der Waals surface area contributed by atoms with Crippen molar-refractivity contribution in [3.8, 4) is 11.5 Å². The van der Waals surface area contributed by atoms with Crippen LogP contribution in [0.2, 0.25) is 0 Å². The number of aryl methyl sites for hydroxylation is 1. The van der Waals surface area contributed by atoms with Gasteiger partial charge in [0, 0.05) is 18.0 Å². The molecule has 0 saturated heterocycles. The van der Waals surface area contributed by atoms with E-state index in [1.54, 1.807) is 0 Å². The van der Waals surface area contributed by atoms with Crippen LogP contribution in [0.1, 0.15) is 46.1 Å². The fourth-order valence-electron chi connectivity index (χ4n) is 3.09. The molecule has 1 heterocycles. The minimum Gasteiger partial charge on any atom is -0.440 e. The molecule has 0 radical (unpaired) electrons. The van der Waals surface area contributed by atoms with Gasteiger partial charge in [-0.15, -0.1) is 0 Å². The lowest BCUT2D eigenvalue weighted by molar-refractivity contribution is 0.0947. The number of aromatic nitrogens is 1. The number of nitrogens with one attached hydrogen (secondary N) is 1. The third kappa shape index (κ3) is 3.69. The maximum atomic E-state index is 12.7. The average Bonchev–Trinajstić information content (AvgIpc) is 3.40. The maximum absolute atomic E-state index is 12.7. The molecular weight excluding hydrogens is 324 g/mol. The van der Waals surface area contributed by atoms with E-state index in [0.29, 0.717) is 24.0 Å². The molecule has 0 atom stereocenters. The Labute approximate surface area is 153 Å². The molecule has 132 valence electrons. The summed E-state index contributed by atoms with van der Waals surface area (Å²) in [5.74, 6) is 1.44. The predicted molar refractivity (Wildman–Crippen MR) is 101 cm³/mol. The number of nitrogens with zero attached hydrogens (tertiary/aromatic N) is 1. The predicted octanol–water partition coefficient (Wildman–Crippen LogP) is 4.50. The Bertz CT molecular complexity index is 911. The van der Waals surface area contributed by atoms with Crippen LogP contribution in [0.25, 0.3) is 11.5 Å². The van der Waals surface area contributed by atoms with E-state index in [9.17, 15) is 4.79 Å². The summed E-state index contributed by atoms with van der Waals surface area (Å²) in [6.07, 6.45) is 2.93. The summed E-state index contributed by atoms with van der Waals surface area (Å²) in [4.78, 5) is 17.2. The van der Waals surface area contributed by atoms with Gasteiger partial charge in [-0.05, 0) is 43.9 Å². The van der Waals surface area contributed by atoms with E-state index in [4.69, 9.17) is 4.42 Å². The van der Waals surface area contributed by atoms with E-state index in [2.05, 4.69) is 35.4 Å². The van der Waals surface area contributed by atoms with Gasteiger partial charge in [-0.3, -0.25) is 4.79 Å². The SMILES string of the molecule is Cc1cccc(CCNC(=O)c2nc(-c3ccccc3)oc2C2CC2)c1. The zero-order valence-corrected chi connectivity index (χ0v) is 14.9. The van der Waals surface area contributed by atoms with Crippen LogP contribution in [-0.2, 0) is 6.42 Å². The highest BCUT2D eigenvalue weighted by molar-refractivity contribution is 5.94. The lowest BCUT2D eigenvalue weighted by Gasteiger charge is -2.05. The Morgan fingerprint density at radius 3 is 2.69 bits per heavy atom. The van der Waals surface area contributed by atoms with Crippen LogP contribution in [-0.4, -0.2) is 17.4 Å². The quantitative estimate of drug-likeness (QED) is 0.715. The third-order valence-corrected chi connectivity index (χ3v) is 4.62. The minimum absolute atomic E-state index is 0.148. The van der Waals surface area contributed by atoms with E-state index in [0.717, 1.165) is 30.6 Å². The summed E-state index contributed by atoms with van der Waals surface area (Å²) in [5.41, 5.74) is 3.79. The molecule has 4 heteroatoms. The molecule has 1 amide bonds. The smallest absolute Gasteiger partial charge is 0.273 e. The first-order chi connectivity index (χ1) is 12.7. The third-order valence-electron chi connectivity index (χ3n) is 4.62. The standard InChI is InChI=1S/C22H22N2O2/c1-15-6-5-7-16(14-15)12-13-23-21(25)19-20(17-10-11-17)26-22(24-19)18-8-3-2-4-9-18/h2-9,14,17H,10-13H2,1H3,(H,23,25). The number of oxazole rings is 1. The zero-order valence-electron chi connectivity index (χ0n) is 14.9. The van der Waals surface area contributed by atoms with Crippen molar-refractivity contribution in [3.63, 3.8) is 0 Å². The van der Waals surface area contributed by atoms with E-state index >= 15 is 0 Å². The second-order valence-electron chi connectivity index (χ2n) is 6.87. The van der Waals surface area contributed by atoms with Crippen molar-refractivity contribution < 1.29 is 9.21 Å². The van der Waals surface area contributed by atoms with Gasteiger partial charge in [-0.2, -0.15) is 0 Å². The van der Waals surface area contributed by atoms with Crippen LogP contribution in [0.4, 0.5) is 0 Å². The van der Waals surface area contributed by atoms with Gasteiger partial charge >= 0.3 is 0 Å². The molecule has 1 saturated carbocycles. The summed E-state index contributed by atoms with van der Waals surface area (Å²) in [7, 11) is 0. The second kappa shape index (κ2) is 7.16. The summed E-state index contributed by atoms with van der Waals surface area (Å²) < 4.78 is 5.95. The number of carbonyl (C=O) groups is 1. The van der Waals surface area contributed by atoms with E-state index in [-0.39, 0.29) is 5.91 Å². The number of amides is 1.